The van der Waals surface area contributed by atoms with E-state index in [9.17, 15) is 0 Å². The highest BCUT2D eigenvalue weighted by molar-refractivity contribution is 9.10. The molecule has 0 aliphatic carbocycles. The fourth-order valence-corrected chi connectivity index (χ4v) is 1.94. The molecule has 1 unspecified atom stereocenters. The molecule has 1 atom stereocenters. The van der Waals surface area contributed by atoms with Crippen LogP contribution in [0.5, 0.6) is 0 Å². The van der Waals surface area contributed by atoms with Crippen LogP contribution < -0.4 is 5.32 Å². The Kier molecular flexibility index (Phi) is 4.23. The summed E-state index contributed by atoms with van der Waals surface area (Å²) in [5, 5.41) is 3.42. The summed E-state index contributed by atoms with van der Waals surface area (Å²) in [6, 6.07) is 8.12. The van der Waals surface area contributed by atoms with Gasteiger partial charge in [0.05, 0.1) is 11.7 Å². The van der Waals surface area contributed by atoms with Crippen LogP contribution in [0.4, 0.5) is 0 Å². The number of nitrogens with one attached hydrogen (secondary N) is 1. The molecule has 0 aliphatic heterocycles. The lowest BCUT2D eigenvalue weighted by Gasteiger charge is -2.17. The molecule has 0 bridgehead atoms. The number of pyridine rings is 2. The maximum atomic E-state index is 4.44. The summed E-state index contributed by atoms with van der Waals surface area (Å²) in [7, 11) is 0. The Bertz CT molecular complexity index is 456. The fourth-order valence-electron chi connectivity index (χ4n) is 1.70. The van der Waals surface area contributed by atoms with Crippen molar-refractivity contribution in [2.45, 2.75) is 13.0 Å². The van der Waals surface area contributed by atoms with Crippen molar-refractivity contribution in [3.8, 4) is 0 Å². The Morgan fingerprint density at radius 2 is 2.18 bits per heavy atom. The number of hydrogen-bond acceptors (Lipinski definition) is 3. The topological polar surface area (TPSA) is 37.8 Å². The zero-order valence-corrected chi connectivity index (χ0v) is 11.2. The Labute approximate surface area is 109 Å². The predicted molar refractivity (Wildman–Crippen MR) is 71.7 cm³/mol. The lowest BCUT2D eigenvalue weighted by atomic mass is 10.1. The normalized spacial score (nSPS) is 12.4. The SMILES string of the molecule is CCNC(c1cccnc1)c1ccc(Br)cn1. The number of rotatable bonds is 4. The molecule has 0 aliphatic rings. The van der Waals surface area contributed by atoms with E-state index in [0.29, 0.717) is 0 Å². The molecule has 0 saturated carbocycles. The Morgan fingerprint density at radius 3 is 2.76 bits per heavy atom. The second-order valence-corrected chi connectivity index (χ2v) is 4.59. The number of aromatic nitrogens is 2. The summed E-state index contributed by atoms with van der Waals surface area (Å²) in [5.74, 6) is 0. The first-order chi connectivity index (χ1) is 8.31. The summed E-state index contributed by atoms with van der Waals surface area (Å²) in [5.41, 5.74) is 2.13. The number of hydrogen-bond donors (Lipinski definition) is 1. The van der Waals surface area contributed by atoms with Crippen molar-refractivity contribution in [1.82, 2.24) is 15.3 Å². The van der Waals surface area contributed by atoms with Gasteiger partial charge in [-0.15, -0.1) is 0 Å². The second kappa shape index (κ2) is 5.89. The molecule has 0 radical (unpaired) electrons. The molecule has 0 aromatic carbocycles. The average Bonchev–Trinajstić information content (AvgIpc) is 2.38. The van der Waals surface area contributed by atoms with Gasteiger partial charge in [0.2, 0.25) is 0 Å². The first-order valence-corrected chi connectivity index (χ1v) is 6.35. The summed E-state index contributed by atoms with van der Waals surface area (Å²) in [6.07, 6.45) is 5.47. The molecule has 0 saturated heterocycles. The zero-order chi connectivity index (χ0) is 12.1. The molecule has 2 aromatic rings. The summed E-state index contributed by atoms with van der Waals surface area (Å²) in [4.78, 5) is 8.59. The Morgan fingerprint density at radius 1 is 1.29 bits per heavy atom. The van der Waals surface area contributed by atoms with Gasteiger partial charge in [0.1, 0.15) is 0 Å². The average molecular weight is 292 g/mol. The van der Waals surface area contributed by atoms with Crippen LogP contribution in [-0.2, 0) is 0 Å². The van der Waals surface area contributed by atoms with Crippen LogP contribution in [0.15, 0.2) is 47.3 Å². The van der Waals surface area contributed by atoms with E-state index >= 15 is 0 Å². The highest BCUT2D eigenvalue weighted by Gasteiger charge is 2.13. The van der Waals surface area contributed by atoms with Gasteiger partial charge in [-0.05, 0) is 46.2 Å². The molecule has 2 heterocycles. The van der Waals surface area contributed by atoms with E-state index in [0.717, 1.165) is 22.3 Å². The Hall–Kier alpha value is -1.26. The summed E-state index contributed by atoms with van der Waals surface area (Å²) in [6.45, 7) is 2.97. The van der Waals surface area contributed by atoms with Gasteiger partial charge in [-0.1, -0.05) is 13.0 Å². The minimum absolute atomic E-state index is 0.0989. The van der Waals surface area contributed by atoms with Crippen molar-refractivity contribution >= 4 is 15.9 Å². The third kappa shape index (κ3) is 3.11. The molecule has 17 heavy (non-hydrogen) atoms. The molecule has 88 valence electrons. The van der Waals surface area contributed by atoms with Crippen molar-refractivity contribution in [3.63, 3.8) is 0 Å². The van der Waals surface area contributed by atoms with E-state index < -0.39 is 0 Å². The van der Waals surface area contributed by atoms with Gasteiger partial charge >= 0.3 is 0 Å². The molecule has 2 aromatic heterocycles. The van der Waals surface area contributed by atoms with E-state index in [1.165, 1.54) is 0 Å². The van der Waals surface area contributed by atoms with Gasteiger partial charge in [0.15, 0.2) is 0 Å². The molecule has 1 N–H and O–H groups in total. The highest BCUT2D eigenvalue weighted by Crippen LogP contribution is 2.20. The smallest absolute Gasteiger partial charge is 0.0766 e. The van der Waals surface area contributed by atoms with E-state index in [2.05, 4.69) is 44.2 Å². The quantitative estimate of drug-likeness (QED) is 0.941. The second-order valence-electron chi connectivity index (χ2n) is 3.68. The maximum Gasteiger partial charge on any atom is 0.0766 e. The third-order valence-electron chi connectivity index (χ3n) is 2.47. The van der Waals surface area contributed by atoms with E-state index in [-0.39, 0.29) is 6.04 Å². The lowest BCUT2D eigenvalue weighted by Crippen LogP contribution is -2.22. The predicted octanol–water partition coefficient (Wildman–Crippen LogP) is 2.94. The van der Waals surface area contributed by atoms with Crippen LogP contribution in [0.3, 0.4) is 0 Å². The first-order valence-electron chi connectivity index (χ1n) is 5.56. The molecular weight excluding hydrogens is 278 g/mol. The molecule has 4 heteroatoms. The van der Waals surface area contributed by atoms with Crippen molar-refractivity contribution in [1.29, 1.82) is 0 Å². The van der Waals surface area contributed by atoms with Crippen molar-refractivity contribution in [2.24, 2.45) is 0 Å². The molecule has 3 nitrogen and oxygen atoms in total. The van der Waals surface area contributed by atoms with Gasteiger partial charge in [-0.2, -0.15) is 0 Å². The third-order valence-corrected chi connectivity index (χ3v) is 2.94. The van der Waals surface area contributed by atoms with Crippen LogP contribution >= 0.6 is 15.9 Å². The van der Waals surface area contributed by atoms with E-state index in [4.69, 9.17) is 0 Å². The molecule has 0 fully saturated rings. The molecular formula is C13H14BrN3. The van der Waals surface area contributed by atoms with Crippen LogP contribution in [0.25, 0.3) is 0 Å². The standard InChI is InChI=1S/C13H14BrN3/c1-2-16-13(10-4-3-7-15-8-10)12-6-5-11(14)9-17-12/h3-9,13,16H,2H2,1H3. The van der Waals surface area contributed by atoms with Gasteiger partial charge in [0, 0.05) is 23.1 Å². The van der Waals surface area contributed by atoms with Gasteiger partial charge in [-0.25, -0.2) is 0 Å². The summed E-state index contributed by atoms with van der Waals surface area (Å²) >= 11 is 3.39. The van der Waals surface area contributed by atoms with Crippen LogP contribution in [-0.4, -0.2) is 16.5 Å². The van der Waals surface area contributed by atoms with Gasteiger partial charge in [-0.3, -0.25) is 9.97 Å². The minimum atomic E-state index is 0.0989. The fraction of sp³-hybridized carbons (Fsp3) is 0.231. The Balaban J connectivity index is 2.32. The van der Waals surface area contributed by atoms with Crippen LogP contribution in [0, 0.1) is 0 Å². The molecule has 0 spiro atoms. The van der Waals surface area contributed by atoms with Crippen molar-refractivity contribution in [2.75, 3.05) is 6.54 Å². The number of nitrogens with zero attached hydrogens (tertiary/aromatic N) is 2. The lowest BCUT2D eigenvalue weighted by molar-refractivity contribution is 0.613. The van der Waals surface area contributed by atoms with Gasteiger partial charge < -0.3 is 5.32 Å². The zero-order valence-electron chi connectivity index (χ0n) is 9.60. The first kappa shape index (κ1) is 12.2. The summed E-state index contributed by atoms with van der Waals surface area (Å²) < 4.78 is 0.989. The van der Waals surface area contributed by atoms with Gasteiger partial charge in [0.25, 0.3) is 0 Å². The number of halogens is 1. The van der Waals surface area contributed by atoms with Crippen LogP contribution in [0.2, 0.25) is 0 Å². The molecule has 0 amide bonds. The minimum Gasteiger partial charge on any atom is -0.305 e. The van der Waals surface area contributed by atoms with Crippen molar-refractivity contribution < 1.29 is 0 Å². The van der Waals surface area contributed by atoms with E-state index in [1.807, 2.05) is 30.6 Å². The maximum absolute atomic E-state index is 4.44. The monoisotopic (exact) mass is 291 g/mol. The van der Waals surface area contributed by atoms with Crippen LogP contribution in [0.1, 0.15) is 24.2 Å². The van der Waals surface area contributed by atoms with Crippen molar-refractivity contribution in [3.05, 3.63) is 58.6 Å². The molecule has 2 rings (SSSR count). The largest absolute Gasteiger partial charge is 0.305 e. The van der Waals surface area contributed by atoms with E-state index in [1.54, 1.807) is 6.20 Å². The highest BCUT2D eigenvalue weighted by atomic mass is 79.9.